The van der Waals surface area contributed by atoms with E-state index >= 15 is 0 Å². The van der Waals surface area contributed by atoms with Crippen LogP contribution in [0.25, 0.3) is 5.69 Å². The summed E-state index contributed by atoms with van der Waals surface area (Å²) in [6.07, 6.45) is 3.83. The molecule has 0 aliphatic carbocycles. The average molecular weight is 515 g/mol. The lowest BCUT2D eigenvalue weighted by molar-refractivity contribution is 0.0511. The van der Waals surface area contributed by atoms with Crippen molar-refractivity contribution in [2.75, 3.05) is 26.9 Å². The summed E-state index contributed by atoms with van der Waals surface area (Å²) in [5.74, 6) is 1.35. The largest absolute Gasteiger partial charge is 0.497 e. The standard InChI is InChI=1S/C22H30INO5/c1-5-8-14-28-19-18(22(25)27-7-3)24(16-10-12-17(26-4)13-11-16)21(23)20(19)29-15-9-6-2/h10-13H,5-9,14-15H2,1-4H3. The van der Waals surface area contributed by atoms with Gasteiger partial charge in [-0.05, 0) is 66.6 Å². The first-order valence-corrected chi connectivity index (χ1v) is 11.2. The highest BCUT2D eigenvalue weighted by molar-refractivity contribution is 14.1. The molecule has 0 unspecified atom stereocenters. The van der Waals surface area contributed by atoms with Crippen LogP contribution in [0, 0.1) is 3.70 Å². The molecule has 1 aromatic carbocycles. The van der Waals surface area contributed by atoms with Crippen LogP contribution in [0.15, 0.2) is 24.3 Å². The van der Waals surface area contributed by atoms with Gasteiger partial charge in [0, 0.05) is 5.69 Å². The molecule has 0 spiro atoms. The highest BCUT2D eigenvalue weighted by Crippen LogP contribution is 2.42. The lowest BCUT2D eigenvalue weighted by Gasteiger charge is -2.12. The van der Waals surface area contributed by atoms with Crippen LogP contribution < -0.4 is 14.2 Å². The number of carbonyl (C=O) groups excluding carboxylic acids is 1. The number of nitrogens with zero attached hydrogens (tertiary/aromatic N) is 1. The second kappa shape index (κ2) is 11.9. The number of carbonyl (C=O) groups is 1. The molecule has 0 saturated carbocycles. The van der Waals surface area contributed by atoms with Gasteiger partial charge in [0.1, 0.15) is 9.45 Å². The predicted octanol–water partition coefficient (Wildman–Crippen LogP) is 5.63. The van der Waals surface area contributed by atoms with E-state index in [-0.39, 0.29) is 6.61 Å². The third-order valence-electron chi connectivity index (χ3n) is 4.32. The highest BCUT2D eigenvalue weighted by atomic mass is 127. The van der Waals surface area contributed by atoms with Crippen molar-refractivity contribution in [1.29, 1.82) is 0 Å². The van der Waals surface area contributed by atoms with Gasteiger partial charge in [0.15, 0.2) is 17.2 Å². The molecule has 0 N–H and O–H groups in total. The molecule has 0 saturated heterocycles. The zero-order valence-electron chi connectivity index (χ0n) is 17.6. The van der Waals surface area contributed by atoms with E-state index in [2.05, 4.69) is 36.4 Å². The molecule has 29 heavy (non-hydrogen) atoms. The van der Waals surface area contributed by atoms with Crippen LogP contribution in [-0.4, -0.2) is 37.5 Å². The van der Waals surface area contributed by atoms with E-state index in [0.29, 0.717) is 30.4 Å². The fourth-order valence-corrected chi connectivity index (χ4v) is 3.68. The van der Waals surface area contributed by atoms with E-state index in [1.54, 1.807) is 14.0 Å². The van der Waals surface area contributed by atoms with Crippen LogP contribution in [0.4, 0.5) is 0 Å². The lowest BCUT2D eigenvalue weighted by Crippen LogP contribution is -2.14. The summed E-state index contributed by atoms with van der Waals surface area (Å²) in [4.78, 5) is 12.9. The third kappa shape index (κ3) is 5.81. The number of methoxy groups -OCH3 is 1. The zero-order chi connectivity index (χ0) is 21.2. The summed E-state index contributed by atoms with van der Waals surface area (Å²) in [5, 5.41) is 0. The molecule has 0 aliphatic rings. The summed E-state index contributed by atoms with van der Waals surface area (Å²) >= 11 is 2.20. The van der Waals surface area contributed by atoms with E-state index in [0.717, 1.165) is 40.8 Å². The van der Waals surface area contributed by atoms with Crippen molar-refractivity contribution in [3.8, 4) is 22.9 Å². The van der Waals surface area contributed by atoms with Gasteiger partial charge >= 0.3 is 5.97 Å². The molecule has 6 nitrogen and oxygen atoms in total. The number of hydrogen-bond acceptors (Lipinski definition) is 5. The van der Waals surface area contributed by atoms with Crippen molar-refractivity contribution >= 4 is 28.6 Å². The van der Waals surface area contributed by atoms with E-state index in [1.165, 1.54) is 0 Å². The molecule has 1 heterocycles. The Hall–Kier alpha value is -1.90. The molecule has 0 atom stereocenters. The van der Waals surface area contributed by atoms with Crippen molar-refractivity contribution < 1.29 is 23.7 Å². The van der Waals surface area contributed by atoms with Crippen molar-refractivity contribution in [2.24, 2.45) is 0 Å². The first-order chi connectivity index (χ1) is 14.1. The summed E-state index contributed by atoms with van der Waals surface area (Å²) in [5.41, 5.74) is 1.16. The molecule has 0 fully saturated rings. The summed E-state index contributed by atoms with van der Waals surface area (Å²) in [6.45, 7) is 7.35. The van der Waals surface area contributed by atoms with Gasteiger partial charge in [-0.15, -0.1) is 0 Å². The Morgan fingerprint density at radius 1 is 0.966 bits per heavy atom. The molecule has 1 aromatic heterocycles. The van der Waals surface area contributed by atoms with Crippen molar-refractivity contribution in [3.63, 3.8) is 0 Å². The molecule has 2 aromatic rings. The Labute approximate surface area is 186 Å². The SMILES string of the molecule is CCCCOc1c(OCCCC)c(C(=O)OCC)n(-c2ccc(OC)cc2)c1I. The number of esters is 1. The maximum absolute atomic E-state index is 12.9. The molecule has 7 heteroatoms. The molecular weight excluding hydrogens is 485 g/mol. The maximum atomic E-state index is 12.9. The van der Waals surface area contributed by atoms with Crippen LogP contribution in [0.5, 0.6) is 17.2 Å². The van der Waals surface area contributed by atoms with Gasteiger partial charge in [-0.3, -0.25) is 4.57 Å². The number of halogens is 1. The van der Waals surface area contributed by atoms with Gasteiger partial charge < -0.3 is 18.9 Å². The average Bonchev–Trinajstić information content (AvgIpc) is 3.00. The number of ether oxygens (including phenoxy) is 4. The Kier molecular flexibility index (Phi) is 9.63. The van der Waals surface area contributed by atoms with Crippen LogP contribution >= 0.6 is 22.6 Å². The van der Waals surface area contributed by atoms with Crippen LogP contribution in [0.1, 0.15) is 56.9 Å². The molecule has 2 rings (SSSR count). The maximum Gasteiger partial charge on any atom is 0.359 e. The Morgan fingerprint density at radius 2 is 1.55 bits per heavy atom. The first kappa shape index (κ1) is 23.4. The predicted molar refractivity (Wildman–Crippen MR) is 122 cm³/mol. The van der Waals surface area contributed by atoms with E-state index in [9.17, 15) is 4.79 Å². The van der Waals surface area contributed by atoms with Crippen LogP contribution in [-0.2, 0) is 4.74 Å². The Bertz CT molecular complexity index is 785. The first-order valence-electron chi connectivity index (χ1n) is 10.1. The Balaban J connectivity index is 2.60. The lowest BCUT2D eigenvalue weighted by atomic mass is 10.3. The van der Waals surface area contributed by atoms with Gasteiger partial charge in [-0.2, -0.15) is 0 Å². The van der Waals surface area contributed by atoms with Crippen molar-refractivity contribution in [2.45, 2.75) is 46.5 Å². The molecule has 0 amide bonds. The number of hydrogen-bond donors (Lipinski definition) is 0. The molecule has 0 bridgehead atoms. The van der Waals surface area contributed by atoms with Crippen molar-refractivity contribution in [3.05, 3.63) is 33.7 Å². The molecule has 0 aliphatic heterocycles. The minimum atomic E-state index is -0.432. The summed E-state index contributed by atoms with van der Waals surface area (Å²) in [7, 11) is 1.62. The van der Waals surface area contributed by atoms with E-state index in [1.807, 2.05) is 28.8 Å². The van der Waals surface area contributed by atoms with E-state index < -0.39 is 5.97 Å². The van der Waals surface area contributed by atoms with Gasteiger partial charge in [0.25, 0.3) is 0 Å². The normalized spacial score (nSPS) is 10.7. The zero-order valence-corrected chi connectivity index (χ0v) is 19.8. The topological polar surface area (TPSA) is 58.9 Å². The number of rotatable bonds is 12. The van der Waals surface area contributed by atoms with Crippen LogP contribution in [0.2, 0.25) is 0 Å². The minimum Gasteiger partial charge on any atom is -0.497 e. The summed E-state index contributed by atoms with van der Waals surface area (Å²) in [6, 6.07) is 7.51. The minimum absolute atomic E-state index is 0.281. The monoisotopic (exact) mass is 515 g/mol. The Morgan fingerprint density at radius 3 is 2.07 bits per heavy atom. The fourth-order valence-electron chi connectivity index (χ4n) is 2.76. The smallest absolute Gasteiger partial charge is 0.359 e. The van der Waals surface area contributed by atoms with Gasteiger partial charge in [0.2, 0.25) is 0 Å². The highest BCUT2D eigenvalue weighted by Gasteiger charge is 2.31. The second-order valence-electron chi connectivity index (χ2n) is 6.46. The molecular formula is C22H30INO5. The van der Waals surface area contributed by atoms with E-state index in [4.69, 9.17) is 18.9 Å². The van der Waals surface area contributed by atoms with Crippen LogP contribution in [0.3, 0.4) is 0 Å². The molecule has 0 radical (unpaired) electrons. The quantitative estimate of drug-likeness (QED) is 0.209. The third-order valence-corrected chi connectivity index (χ3v) is 5.29. The summed E-state index contributed by atoms with van der Waals surface area (Å²) < 4.78 is 25.3. The fraction of sp³-hybridized carbons (Fsp3) is 0.500. The van der Waals surface area contributed by atoms with Crippen molar-refractivity contribution in [1.82, 2.24) is 4.57 Å². The van der Waals surface area contributed by atoms with Gasteiger partial charge in [0.05, 0.1) is 26.9 Å². The van der Waals surface area contributed by atoms with Gasteiger partial charge in [-0.25, -0.2) is 4.79 Å². The second-order valence-corrected chi connectivity index (χ2v) is 7.48. The van der Waals surface area contributed by atoms with Gasteiger partial charge in [-0.1, -0.05) is 26.7 Å². The number of unbranched alkanes of at least 4 members (excludes halogenated alkanes) is 2. The molecule has 160 valence electrons. The number of benzene rings is 1. The number of aromatic nitrogens is 1.